The monoisotopic (exact) mass is 614 g/mol. The van der Waals surface area contributed by atoms with Crippen LogP contribution in [0.25, 0.3) is 0 Å². The van der Waals surface area contributed by atoms with E-state index < -0.39 is 41.1 Å². The van der Waals surface area contributed by atoms with Crippen LogP contribution < -0.4 is 0 Å². The van der Waals surface area contributed by atoms with Gasteiger partial charge in [0.1, 0.15) is 18.8 Å². The Kier molecular flexibility index (Phi) is 8.16. The van der Waals surface area contributed by atoms with Crippen molar-refractivity contribution in [2.75, 3.05) is 6.61 Å². The Balaban J connectivity index is 1.62. The molecule has 0 aliphatic heterocycles. The summed E-state index contributed by atoms with van der Waals surface area (Å²) in [6, 6.07) is 0. The van der Waals surface area contributed by atoms with Crippen molar-refractivity contribution in [3.63, 3.8) is 0 Å². The van der Waals surface area contributed by atoms with Gasteiger partial charge in [0.25, 0.3) is 0 Å². The summed E-state index contributed by atoms with van der Waals surface area (Å²) in [7, 11) is 0. The summed E-state index contributed by atoms with van der Waals surface area (Å²) in [5.41, 5.74) is -0.622. The van der Waals surface area contributed by atoms with Crippen molar-refractivity contribution in [3.05, 3.63) is 23.3 Å². The fourth-order valence-corrected chi connectivity index (χ4v) is 11.6. The zero-order valence-electron chi connectivity index (χ0n) is 28.8. The van der Waals surface area contributed by atoms with Crippen LogP contribution in [-0.4, -0.2) is 58.3 Å². The molecule has 0 aromatic carbocycles. The first-order chi connectivity index (χ1) is 20.2. The molecule has 3 N–H and O–H groups in total. The molecule has 0 saturated heterocycles. The predicted octanol–water partition coefficient (Wildman–Crippen LogP) is 6.14. The van der Waals surface area contributed by atoms with E-state index in [1.54, 1.807) is 19.9 Å². The molecule has 11 atom stereocenters. The molecule has 0 radical (unpaired) electrons. The van der Waals surface area contributed by atoms with E-state index in [0.717, 1.165) is 32.1 Å². The van der Waals surface area contributed by atoms with Crippen molar-refractivity contribution in [1.82, 2.24) is 0 Å². The summed E-state index contributed by atoms with van der Waals surface area (Å²) in [4.78, 5) is 25.2. The molecule has 7 heteroatoms. The third kappa shape index (κ3) is 4.45. The van der Waals surface area contributed by atoms with Crippen molar-refractivity contribution in [3.8, 4) is 0 Å². The first kappa shape index (κ1) is 33.7. The van der Waals surface area contributed by atoms with E-state index in [2.05, 4.69) is 40.7 Å². The molecule has 5 rings (SSSR count). The van der Waals surface area contributed by atoms with Crippen LogP contribution in [0.15, 0.2) is 23.3 Å². The van der Waals surface area contributed by atoms with Gasteiger partial charge in [0.2, 0.25) is 0 Å². The second-order valence-corrected chi connectivity index (χ2v) is 17.3. The van der Waals surface area contributed by atoms with Gasteiger partial charge >= 0.3 is 11.9 Å². The zero-order valence-corrected chi connectivity index (χ0v) is 28.8. The summed E-state index contributed by atoms with van der Waals surface area (Å²) >= 11 is 0. The molecule has 0 heterocycles. The van der Waals surface area contributed by atoms with Crippen LogP contribution in [0.4, 0.5) is 0 Å². The van der Waals surface area contributed by atoms with Crippen LogP contribution in [0.1, 0.15) is 114 Å². The lowest BCUT2D eigenvalue weighted by Gasteiger charge is -2.72. The summed E-state index contributed by atoms with van der Waals surface area (Å²) in [6.45, 7) is 20.5. The number of carbonyl (C=O) groups is 2. The molecule has 5 aliphatic carbocycles. The molecule has 0 amide bonds. The molecule has 248 valence electrons. The fourth-order valence-electron chi connectivity index (χ4n) is 11.6. The van der Waals surface area contributed by atoms with E-state index in [9.17, 15) is 24.9 Å². The quantitative estimate of drug-likeness (QED) is 0.198. The van der Waals surface area contributed by atoms with Gasteiger partial charge in [-0.05, 0) is 98.2 Å². The van der Waals surface area contributed by atoms with Gasteiger partial charge in [-0.1, -0.05) is 66.2 Å². The SMILES string of the molecule is C/C=C(/C)C(=O)O[C@H]1[C@H](O)[C@]2(COC(C)=O)[C@H](O)C[C@]3(C)C(=CC[C@@H]4[C@@]5(C)CC[C@@H](O)C(C)(C)[C@@H]5CC[C@]43C)[C@@H]2CC1(C)C. The number of ether oxygens (including phenoxy) is 2. The maximum atomic E-state index is 13.0. The van der Waals surface area contributed by atoms with Crippen molar-refractivity contribution in [2.45, 2.75) is 139 Å². The second kappa shape index (κ2) is 10.7. The van der Waals surface area contributed by atoms with Crippen LogP contribution in [0.2, 0.25) is 0 Å². The van der Waals surface area contributed by atoms with E-state index in [4.69, 9.17) is 9.47 Å². The molecular formula is C37H58O7. The van der Waals surface area contributed by atoms with Crippen LogP contribution in [0, 0.1) is 50.2 Å². The van der Waals surface area contributed by atoms with Gasteiger partial charge in [0, 0.05) is 17.9 Å². The largest absolute Gasteiger partial charge is 0.465 e. The standard InChI is InChI=1S/C37H58O7/c1-11-21(2)31(42)44-30-29(41)37(20-43-22(3)38)24(18-32(30,4)5)23-12-13-26-34(8)16-15-27(39)33(6,7)25(34)14-17-35(26,9)36(23,10)19-28(37)40/h11-12,24-30,39-41H,13-20H2,1-10H3/b21-11-/t24-,25-,26+,27+,28+,29-,30-,34-,35+,36+,37-/m0/s1. The molecule has 4 saturated carbocycles. The molecule has 0 unspecified atom stereocenters. The van der Waals surface area contributed by atoms with Gasteiger partial charge in [0.05, 0.1) is 17.6 Å². The number of fused-ring (bicyclic) bond motifs is 7. The number of aliphatic hydroxyl groups excluding tert-OH is 3. The summed E-state index contributed by atoms with van der Waals surface area (Å²) in [5.74, 6) is -0.406. The van der Waals surface area contributed by atoms with Gasteiger partial charge in [-0.25, -0.2) is 4.79 Å². The molecule has 0 aromatic heterocycles. The molecule has 0 spiro atoms. The van der Waals surface area contributed by atoms with E-state index in [1.165, 1.54) is 12.5 Å². The third-order valence-corrected chi connectivity index (χ3v) is 14.6. The third-order valence-electron chi connectivity index (χ3n) is 14.6. The van der Waals surface area contributed by atoms with E-state index in [1.807, 2.05) is 13.8 Å². The average molecular weight is 615 g/mol. The normalized spacial score (nSPS) is 47.6. The number of hydrogen-bond donors (Lipinski definition) is 3. The first-order valence-electron chi connectivity index (χ1n) is 17.0. The molecule has 7 nitrogen and oxygen atoms in total. The summed E-state index contributed by atoms with van der Waals surface area (Å²) < 4.78 is 11.7. The molecule has 5 aliphatic rings. The van der Waals surface area contributed by atoms with Crippen molar-refractivity contribution in [1.29, 1.82) is 0 Å². The van der Waals surface area contributed by atoms with Gasteiger partial charge in [-0.3, -0.25) is 4.79 Å². The minimum Gasteiger partial charge on any atom is -0.465 e. The minimum atomic E-state index is -1.23. The number of allylic oxidation sites excluding steroid dienone is 3. The smallest absolute Gasteiger partial charge is 0.333 e. The second-order valence-electron chi connectivity index (χ2n) is 17.3. The van der Waals surface area contributed by atoms with Crippen molar-refractivity contribution >= 4 is 11.9 Å². The summed E-state index contributed by atoms with van der Waals surface area (Å²) in [6.07, 6.45) is 6.49. The maximum absolute atomic E-state index is 13.0. The molecule has 4 fully saturated rings. The Morgan fingerprint density at radius 2 is 1.59 bits per heavy atom. The maximum Gasteiger partial charge on any atom is 0.333 e. The Labute approximate surface area is 264 Å². The first-order valence-corrected chi connectivity index (χ1v) is 17.0. The molecule has 0 aromatic rings. The molecule has 0 bridgehead atoms. The molecule has 44 heavy (non-hydrogen) atoms. The van der Waals surface area contributed by atoms with E-state index in [0.29, 0.717) is 30.3 Å². The van der Waals surface area contributed by atoms with Crippen LogP contribution in [-0.2, 0) is 19.1 Å². The topological polar surface area (TPSA) is 113 Å². The highest BCUT2D eigenvalue weighted by atomic mass is 16.6. The number of esters is 2. The Morgan fingerprint density at radius 3 is 2.20 bits per heavy atom. The lowest BCUT2D eigenvalue weighted by atomic mass is 9.33. The van der Waals surface area contributed by atoms with E-state index >= 15 is 0 Å². The number of hydrogen-bond acceptors (Lipinski definition) is 7. The van der Waals surface area contributed by atoms with Gasteiger partial charge in [0.15, 0.2) is 0 Å². The predicted molar refractivity (Wildman–Crippen MR) is 169 cm³/mol. The fraction of sp³-hybridized carbons (Fsp3) is 0.838. The Hall–Kier alpha value is -1.70. The number of carbonyl (C=O) groups excluding carboxylic acids is 2. The Bertz CT molecular complexity index is 1250. The Morgan fingerprint density at radius 1 is 0.932 bits per heavy atom. The van der Waals surface area contributed by atoms with Crippen molar-refractivity contribution < 1.29 is 34.4 Å². The highest BCUT2D eigenvalue weighted by Gasteiger charge is 2.73. The average Bonchev–Trinajstić information content (AvgIpc) is 2.92. The molecular weight excluding hydrogens is 556 g/mol. The van der Waals surface area contributed by atoms with Crippen LogP contribution in [0.3, 0.4) is 0 Å². The van der Waals surface area contributed by atoms with Crippen LogP contribution >= 0.6 is 0 Å². The van der Waals surface area contributed by atoms with Gasteiger partial charge in [-0.2, -0.15) is 0 Å². The lowest BCUT2D eigenvalue weighted by Crippen LogP contribution is -2.72. The van der Waals surface area contributed by atoms with E-state index in [-0.39, 0.29) is 40.3 Å². The zero-order chi connectivity index (χ0) is 32.8. The van der Waals surface area contributed by atoms with Crippen molar-refractivity contribution in [2.24, 2.45) is 50.2 Å². The highest BCUT2D eigenvalue weighted by molar-refractivity contribution is 5.87. The number of rotatable bonds is 4. The highest BCUT2D eigenvalue weighted by Crippen LogP contribution is 2.75. The van der Waals surface area contributed by atoms with Crippen LogP contribution in [0.5, 0.6) is 0 Å². The number of aliphatic hydroxyl groups is 3. The lowest BCUT2D eigenvalue weighted by molar-refractivity contribution is -0.262. The van der Waals surface area contributed by atoms with Gasteiger partial charge < -0.3 is 24.8 Å². The summed E-state index contributed by atoms with van der Waals surface area (Å²) in [5, 5.41) is 35.7. The van der Waals surface area contributed by atoms with Gasteiger partial charge in [-0.15, -0.1) is 0 Å². The minimum absolute atomic E-state index is 0.0628.